The molecule has 0 amide bonds. The van der Waals surface area contributed by atoms with Crippen LogP contribution in [0.5, 0.6) is 0 Å². The molecule has 0 bridgehead atoms. The molecule has 94 valence electrons. The lowest BCUT2D eigenvalue weighted by molar-refractivity contribution is 0.477. The van der Waals surface area contributed by atoms with Gasteiger partial charge in [0.15, 0.2) is 0 Å². The molecular weight excluding hydrogens is 213 g/mol. The number of benzene rings is 1. The number of rotatable bonds is 5. The van der Waals surface area contributed by atoms with Crippen molar-refractivity contribution in [1.82, 2.24) is 5.32 Å². The standard InChI is InChI=1S/C15H22FN/c1-12-10-15(16)7-6-14(12)11-17-9-8-13-4-2-3-5-13/h6-7,10,13,17H,2-5,8-9,11H2,1H3. The molecule has 1 fully saturated rings. The van der Waals surface area contributed by atoms with E-state index in [2.05, 4.69) is 5.32 Å². The lowest BCUT2D eigenvalue weighted by Gasteiger charge is -2.11. The summed E-state index contributed by atoms with van der Waals surface area (Å²) < 4.78 is 12.9. The number of hydrogen-bond acceptors (Lipinski definition) is 1. The minimum atomic E-state index is -0.141. The summed E-state index contributed by atoms with van der Waals surface area (Å²) in [7, 11) is 0. The Morgan fingerprint density at radius 1 is 1.29 bits per heavy atom. The molecule has 1 nitrogen and oxygen atoms in total. The van der Waals surface area contributed by atoms with Crippen LogP contribution in [0.15, 0.2) is 18.2 Å². The molecule has 1 aromatic rings. The first-order valence-corrected chi connectivity index (χ1v) is 6.71. The van der Waals surface area contributed by atoms with E-state index in [9.17, 15) is 4.39 Å². The minimum absolute atomic E-state index is 0.141. The molecule has 0 spiro atoms. The molecule has 0 aromatic heterocycles. The van der Waals surface area contributed by atoms with E-state index in [0.717, 1.165) is 24.6 Å². The molecular formula is C15H22FN. The molecule has 1 aromatic carbocycles. The van der Waals surface area contributed by atoms with Crippen LogP contribution in [-0.2, 0) is 6.54 Å². The van der Waals surface area contributed by atoms with Gasteiger partial charge < -0.3 is 5.32 Å². The van der Waals surface area contributed by atoms with E-state index in [4.69, 9.17) is 0 Å². The summed E-state index contributed by atoms with van der Waals surface area (Å²) in [6.45, 7) is 3.91. The second kappa shape index (κ2) is 6.15. The van der Waals surface area contributed by atoms with E-state index in [-0.39, 0.29) is 5.82 Å². The third-order valence-corrected chi connectivity index (χ3v) is 3.82. The maximum Gasteiger partial charge on any atom is 0.123 e. The Balaban J connectivity index is 1.70. The smallest absolute Gasteiger partial charge is 0.123 e. The summed E-state index contributed by atoms with van der Waals surface area (Å²) in [6, 6.07) is 5.03. The van der Waals surface area contributed by atoms with Crippen molar-refractivity contribution in [3.05, 3.63) is 35.1 Å². The Morgan fingerprint density at radius 3 is 2.76 bits per heavy atom. The highest BCUT2D eigenvalue weighted by Gasteiger charge is 2.13. The molecule has 17 heavy (non-hydrogen) atoms. The predicted molar refractivity (Wildman–Crippen MR) is 69.4 cm³/mol. The zero-order valence-corrected chi connectivity index (χ0v) is 10.6. The zero-order valence-electron chi connectivity index (χ0n) is 10.6. The normalized spacial score (nSPS) is 16.6. The van der Waals surface area contributed by atoms with Gasteiger partial charge in [0.25, 0.3) is 0 Å². The monoisotopic (exact) mass is 235 g/mol. The Hall–Kier alpha value is -0.890. The van der Waals surface area contributed by atoms with Crippen molar-refractivity contribution in [2.45, 2.75) is 45.6 Å². The number of aryl methyl sites for hydroxylation is 1. The SMILES string of the molecule is Cc1cc(F)ccc1CNCCC1CCCC1. The van der Waals surface area contributed by atoms with Gasteiger partial charge in [-0.2, -0.15) is 0 Å². The summed E-state index contributed by atoms with van der Waals surface area (Å²) in [5.41, 5.74) is 2.25. The average Bonchev–Trinajstić information content (AvgIpc) is 2.79. The van der Waals surface area contributed by atoms with Gasteiger partial charge in [0, 0.05) is 6.54 Å². The average molecular weight is 235 g/mol. The molecule has 1 N–H and O–H groups in total. The molecule has 1 saturated carbocycles. The van der Waals surface area contributed by atoms with Crippen molar-refractivity contribution < 1.29 is 4.39 Å². The Kier molecular flexibility index (Phi) is 4.55. The van der Waals surface area contributed by atoms with Crippen molar-refractivity contribution >= 4 is 0 Å². The molecule has 0 heterocycles. The summed E-state index contributed by atoms with van der Waals surface area (Å²) in [5, 5.41) is 3.47. The lowest BCUT2D eigenvalue weighted by Crippen LogP contribution is -2.17. The van der Waals surface area contributed by atoms with Crippen molar-refractivity contribution in [1.29, 1.82) is 0 Å². The van der Waals surface area contributed by atoms with Gasteiger partial charge in [-0.05, 0) is 49.1 Å². The van der Waals surface area contributed by atoms with E-state index < -0.39 is 0 Å². The van der Waals surface area contributed by atoms with Crippen LogP contribution in [0.1, 0.15) is 43.2 Å². The fourth-order valence-electron chi connectivity index (χ4n) is 2.69. The number of hydrogen-bond donors (Lipinski definition) is 1. The van der Waals surface area contributed by atoms with Crippen LogP contribution >= 0.6 is 0 Å². The van der Waals surface area contributed by atoms with Gasteiger partial charge in [0.2, 0.25) is 0 Å². The first-order chi connectivity index (χ1) is 8.25. The van der Waals surface area contributed by atoms with Crippen molar-refractivity contribution in [2.24, 2.45) is 5.92 Å². The van der Waals surface area contributed by atoms with Gasteiger partial charge in [0.1, 0.15) is 5.82 Å². The molecule has 0 aliphatic heterocycles. The molecule has 0 saturated heterocycles. The summed E-state index contributed by atoms with van der Waals surface area (Å²) in [5.74, 6) is 0.800. The van der Waals surface area contributed by atoms with Crippen LogP contribution in [-0.4, -0.2) is 6.54 Å². The zero-order chi connectivity index (χ0) is 12.1. The highest BCUT2D eigenvalue weighted by atomic mass is 19.1. The van der Waals surface area contributed by atoms with Gasteiger partial charge >= 0.3 is 0 Å². The third kappa shape index (κ3) is 3.81. The molecule has 0 radical (unpaired) electrons. The van der Waals surface area contributed by atoms with Crippen LogP contribution in [0.4, 0.5) is 4.39 Å². The van der Waals surface area contributed by atoms with Crippen molar-refractivity contribution in [3.8, 4) is 0 Å². The van der Waals surface area contributed by atoms with Gasteiger partial charge in [-0.25, -0.2) is 4.39 Å². The Labute approximate surface area is 103 Å². The van der Waals surface area contributed by atoms with E-state index >= 15 is 0 Å². The summed E-state index contributed by atoms with van der Waals surface area (Å²) in [6.07, 6.45) is 6.96. The second-order valence-corrected chi connectivity index (χ2v) is 5.19. The quantitative estimate of drug-likeness (QED) is 0.765. The number of halogens is 1. The maximum absolute atomic E-state index is 12.9. The van der Waals surface area contributed by atoms with Crippen LogP contribution in [0, 0.1) is 18.7 Å². The topological polar surface area (TPSA) is 12.0 Å². The van der Waals surface area contributed by atoms with E-state index in [1.54, 1.807) is 12.1 Å². The first kappa shape index (κ1) is 12.6. The van der Waals surface area contributed by atoms with Crippen LogP contribution in [0.2, 0.25) is 0 Å². The maximum atomic E-state index is 12.9. The van der Waals surface area contributed by atoms with E-state index in [0.29, 0.717) is 0 Å². The van der Waals surface area contributed by atoms with Crippen molar-refractivity contribution in [3.63, 3.8) is 0 Å². The minimum Gasteiger partial charge on any atom is -0.313 e. The summed E-state index contributed by atoms with van der Waals surface area (Å²) >= 11 is 0. The molecule has 2 heteroatoms. The fourth-order valence-corrected chi connectivity index (χ4v) is 2.69. The molecule has 1 aliphatic rings. The Bertz CT molecular complexity index is 356. The Morgan fingerprint density at radius 2 is 2.06 bits per heavy atom. The van der Waals surface area contributed by atoms with Gasteiger partial charge in [-0.3, -0.25) is 0 Å². The lowest BCUT2D eigenvalue weighted by atomic mass is 10.0. The van der Waals surface area contributed by atoms with Gasteiger partial charge in [0.05, 0.1) is 0 Å². The molecule has 2 rings (SSSR count). The summed E-state index contributed by atoms with van der Waals surface area (Å²) in [4.78, 5) is 0. The first-order valence-electron chi connectivity index (χ1n) is 6.71. The number of nitrogens with one attached hydrogen (secondary N) is 1. The van der Waals surface area contributed by atoms with Crippen molar-refractivity contribution in [2.75, 3.05) is 6.54 Å². The van der Waals surface area contributed by atoms with Crippen LogP contribution in [0.3, 0.4) is 0 Å². The highest BCUT2D eigenvalue weighted by Crippen LogP contribution is 2.26. The predicted octanol–water partition coefficient (Wildman–Crippen LogP) is 3.80. The van der Waals surface area contributed by atoms with Crippen LogP contribution in [0.25, 0.3) is 0 Å². The second-order valence-electron chi connectivity index (χ2n) is 5.19. The molecule has 1 aliphatic carbocycles. The largest absolute Gasteiger partial charge is 0.313 e. The fraction of sp³-hybridized carbons (Fsp3) is 0.600. The van der Waals surface area contributed by atoms with Gasteiger partial charge in [-0.1, -0.05) is 31.7 Å². The molecule has 0 unspecified atom stereocenters. The van der Waals surface area contributed by atoms with Crippen LogP contribution < -0.4 is 5.32 Å². The molecule has 0 atom stereocenters. The highest BCUT2D eigenvalue weighted by molar-refractivity contribution is 5.26. The third-order valence-electron chi connectivity index (χ3n) is 3.82. The van der Waals surface area contributed by atoms with Gasteiger partial charge in [-0.15, -0.1) is 0 Å². The van der Waals surface area contributed by atoms with E-state index in [1.807, 2.05) is 13.0 Å². The van der Waals surface area contributed by atoms with E-state index in [1.165, 1.54) is 37.7 Å².